The van der Waals surface area contributed by atoms with Gasteiger partial charge >= 0.3 is 23.9 Å². The summed E-state index contributed by atoms with van der Waals surface area (Å²) in [6.45, 7) is 5.73. The summed E-state index contributed by atoms with van der Waals surface area (Å²) in [5.74, 6) is -8.80. The maximum absolute atomic E-state index is 13.4. The number of aromatic carboxylic acids is 1. The molecule has 3 atom stereocenters. The van der Waals surface area contributed by atoms with Crippen LogP contribution in [0.15, 0.2) is 48.5 Å². The van der Waals surface area contributed by atoms with Gasteiger partial charge in [-0.3, -0.25) is 0 Å². The Labute approximate surface area is 307 Å². The summed E-state index contributed by atoms with van der Waals surface area (Å²) < 4.78 is 16.4. The van der Waals surface area contributed by atoms with Crippen LogP contribution in [0, 0.1) is 6.92 Å². The predicted molar refractivity (Wildman–Crippen MR) is 187 cm³/mol. The summed E-state index contributed by atoms with van der Waals surface area (Å²) in [6.07, 6.45) is -3.96. The molecule has 0 unspecified atom stereocenters. The summed E-state index contributed by atoms with van der Waals surface area (Å²) in [5, 5.41) is 90.9. The molecule has 286 valence electrons. The molecule has 0 aliphatic rings. The lowest BCUT2D eigenvalue weighted by molar-refractivity contribution is 0.0326. The van der Waals surface area contributed by atoms with Gasteiger partial charge in [0.05, 0.1) is 0 Å². The van der Waals surface area contributed by atoms with Crippen molar-refractivity contribution in [2.75, 3.05) is 0 Å². The van der Waals surface area contributed by atoms with Gasteiger partial charge in [0.15, 0.2) is 0 Å². The quantitative estimate of drug-likeness (QED) is 0.0661. The number of phenolic OH excluding ortho intramolecular Hbond substituents is 7. The zero-order valence-electron chi connectivity index (χ0n) is 29.4. The Morgan fingerprint density at radius 2 is 0.741 bits per heavy atom. The molecule has 0 saturated heterocycles. The minimum Gasteiger partial charge on any atom is -0.508 e. The number of hydrogen-bond donors (Lipinski definition) is 9. The predicted octanol–water partition coefficient (Wildman–Crippen LogP) is 4.70. The first-order valence-electron chi connectivity index (χ1n) is 16.3. The van der Waals surface area contributed by atoms with E-state index in [1.807, 2.05) is 0 Å². The number of carboxylic acids is 1. The summed E-state index contributed by atoms with van der Waals surface area (Å²) in [5.41, 5.74) is -1.37. The molecule has 9 N–H and O–H groups in total. The Hall–Kier alpha value is -6.84. The number of carbonyl (C=O) groups excluding carboxylic acids is 3. The highest BCUT2D eigenvalue weighted by Crippen LogP contribution is 2.34. The Morgan fingerprint density at radius 1 is 0.463 bits per heavy atom. The standard InChI is InChI=1S/C38H38O16/c1-16-5-23(39)12-27(43)31(16)36(49)52-18(3)7-21-10-25(41)14-29(45)33(21)38(51)54-19(4)8-22-11-26(42)15-30(46)34(22)37(50)53-17(2)6-20-9-24(40)13-28(44)32(20)35(47)48/h5,9-15,17-19,39-46H,6-8H2,1-4H3,(H,47,48)/t17-,18-,19+/m0/s1. The molecular weight excluding hydrogens is 712 g/mol. The smallest absolute Gasteiger partial charge is 0.342 e. The summed E-state index contributed by atoms with van der Waals surface area (Å²) in [7, 11) is 0. The first-order valence-corrected chi connectivity index (χ1v) is 16.3. The van der Waals surface area contributed by atoms with Crippen molar-refractivity contribution in [3.05, 3.63) is 93.0 Å². The van der Waals surface area contributed by atoms with Gasteiger partial charge in [-0.05, 0) is 74.2 Å². The van der Waals surface area contributed by atoms with Crippen LogP contribution in [0.5, 0.6) is 46.0 Å². The Balaban J connectivity index is 1.51. The highest BCUT2D eigenvalue weighted by atomic mass is 16.6. The van der Waals surface area contributed by atoms with Gasteiger partial charge in [0, 0.05) is 43.5 Å². The van der Waals surface area contributed by atoms with Crippen molar-refractivity contribution in [2.45, 2.75) is 65.3 Å². The third kappa shape index (κ3) is 9.33. The number of rotatable bonds is 13. The second kappa shape index (κ2) is 16.2. The molecule has 16 nitrogen and oxygen atoms in total. The van der Waals surface area contributed by atoms with E-state index >= 15 is 0 Å². The van der Waals surface area contributed by atoms with Crippen molar-refractivity contribution >= 4 is 23.9 Å². The first kappa shape index (κ1) is 39.9. The molecule has 0 spiro atoms. The molecule has 54 heavy (non-hydrogen) atoms. The van der Waals surface area contributed by atoms with E-state index in [0.29, 0.717) is 0 Å². The minimum atomic E-state index is -1.49. The van der Waals surface area contributed by atoms with E-state index in [-0.39, 0.29) is 52.8 Å². The topological polar surface area (TPSA) is 278 Å². The Kier molecular flexibility index (Phi) is 12.0. The molecule has 0 heterocycles. The zero-order valence-corrected chi connectivity index (χ0v) is 29.4. The van der Waals surface area contributed by atoms with Crippen LogP contribution >= 0.6 is 0 Å². The number of esters is 3. The molecule has 0 amide bonds. The molecular formula is C38H38O16. The monoisotopic (exact) mass is 750 g/mol. The van der Waals surface area contributed by atoms with E-state index < -0.39 is 99.1 Å². The van der Waals surface area contributed by atoms with Crippen molar-refractivity contribution in [1.82, 2.24) is 0 Å². The van der Waals surface area contributed by atoms with Crippen molar-refractivity contribution in [3.63, 3.8) is 0 Å². The van der Waals surface area contributed by atoms with Crippen LogP contribution in [-0.4, -0.2) is 88.1 Å². The van der Waals surface area contributed by atoms with Crippen molar-refractivity contribution in [1.29, 1.82) is 0 Å². The average Bonchev–Trinajstić information content (AvgIpc) is 2.98. The fourth-order valence-corrected chi connectivity index (χ4v) is 6.00. The Bertz CT molecular complexity index is 2100. The number of carboxylic acid groups (broad SMARTS) is 1. The number of carbonyl (C=O) groups is 4. The molecule has 0 aliphatic heterocycles. The molecule has 0 fully saturated rings. The largest absolute Gasteiger partial charge is 0.508 e. The fraction of sp³-hybridized carbons (Fsp3) is 0.263. The highest BCUT2D eigenvalue weighted by Gasteiger charge is 2.28. The molecule has 16 heteroatoms. The zero-order chi connectivity index (χ0) is 40.2. The van der Waals surface area contributed by atoms with E-state index in [9.17, 15) is 65.1 Å². The highest BCUT2D eigenvalue weighted by molar-refractivity contribution is 5.96. The van der Waals surface area contributed by atoms with Gasteiger partial charge in [0.2, 0.25) is 0 Å². The maximum atomic E-state index is 13.4. The van der Waals surface area contributed by atoms with Crippen molar-refractivity contribution in [3.8, 4) is 46.0 Å². The molecule has 4 rings (SSSR count). The van der Waals surface area contributed by atoms with Gasteiger partial charge < -0.3 is 60.2 Å². The van der Waals surface area contributed by atoms with Gasteiger partial charge in [-0.1, -0.05) is 0 Å². The molecule has 0 aromatic heterocycles. The van der Waals surface area contributed by atoms with Crippen LogP contribution in [0.25, 0.3) is 0 Å². The number of hydrogen-bond acceptors (Lipinski definition) is 15. The molecule has 0 aliphatic carbocycles. The lowest BCUT2D eigenvalue weighted by atomic mass is 9.98. The lowest BCUT2D eigenvalue weighted by Crippen LogP contribution is -2.23. The number of ether oxygens (including phenoxy) is 3. The average molecular weight is 751 g/mol. The lowest BCUT2D eigenvalue weighted by Gasteiger charge is -2.20. The SMILES string of the molecule is Cc1cc(O)cc(O)c1C(=O)O[C@@H](C)Cc1cc(O)cc(O)c1C(=O)O[C@H](C)Cc1cc(O)cc(O)c1C(=O)O[C@@H](C)Cc1cc(O)cc(O)c1C(=O)O. The summed E-state index contributed by atoms with van der Waals surface area (Å²) >= 11 is 0. The van der Waals surface area contributed by atoms with Crippen LogP contribution < -0.4 is 0 Å². The molecule has 4 aromatic rings. The van der Waals surface area contributed by atoms with E-state index in [0.717, 1.165) is 42.5 Å². The van der Waals surface area contributed by atoms with Gasteiger partial charge in [-0.15, -0.1) is 0 Å². The second-order valence-electron chi connectivity index (χ2n) is 12.7. The van der Waals surface area contributed by atoms with Crippen LogP contribution in [0.3, 0.4) is 0 Å². The number of benzene rings is 4. The van der Waals surface area contributed by atoms with Gasteiger partial charge in [-0.25, -0.2) is 19.2 Å². The fourth-order valence-electron chi connectivity index (χ4n) is 6.00. The number of aryl methyl sites for hydroxylation is 1. The van der Waals surface area contributed by atoms with E-state index in [4.69, 9.17) is 14.2 Å². The molecule has 4 aromatic carbocycles. The third-order valence-corrected chi connectivity index (χ3v) is 8.12. The molecule has 0 saturated carbocycles. The first-order chi connectivity index (χ1) is 25.2. The Morgan fingerprint density at radius 3 is 1.07 bits per heavy atom. The number of aromatic hydroxyl groups is 8. The number of phenols is 8. The van der Waals surface area contributed by atoms with Crippen LogP contribution in [0.2, 0.25) is 0 Å². The molecule has 0 bridgehead atoms. The maximum Gasteiger partial charge on any atom is 0.342 e. The van der Waals surface area contributed by atoms with Gasteiger partial charge in [0.1, 0.15) is 86.6 Å². The summed E-state index contributed by atoms with van der Waals surface area (Å²) in [6, 6.07) is 8.17. The van der Waals surface area contributed by atoms with E-state index in [1.165, 1.54) is 33.8 Å². The van der Waals surface area contributed by atoms with Gasteiger partial charge in [0.25, 0.3) is 0 Å². The third-order valence-electron chi connectivity index (χ3n) is 8.12. The van der Waals surface area contributed by atoms with E-state index in [2.05, 4.69) is 0 Å². The normalized spacial score (nSPS) is 12.7. The summed E-state index contributed by atoms with van der Waals surface area (Å²) in [4.78, 5) is 51.3. The van der Waals surface area contributed by atoms with Gasteiger partial charge in [-0.2, -0.15) is 0 Å². The molecule has 0 radical (unpaired) electrons. The van der Waals surface area contributed by atoms with Crippen molar-refractivity contribution in [2.24, 2.45) is 0 Å². The van der Waals surface area contributed by atoms with E-state index in [1.54, 1.807) is 0 Å². The second-order valence-corrected chi connectivity index (χ2v) is 12.7. The minimum absolute atomic E-state index is 0.0102. The van der Waals surface area contributed by atoms with Crippen LogP contribution in [0.1, 0.15) is 84.5 Å². The van der Waals surface area contributed by atoms with Crippen LogP contribution in [-0.2, 0) is 33.5 Å². The van der Waals surface area contributed by atoms with Crippen molar-refractivity contribution < 1.29 is 79.3 Å². The van der Waals surface area contributed by atoms with Crippen LogP contribution in [0.4, 0.5) is 0 Å².